The van der Waals surface area contributed by atoms with Crippen molar-refractivity contribution in [3.8, 4) is 5.75 Å². The molecule has 0 heterocycles. The predicted molar refractivity (Wildman–Crippen MR) is 61.4 cm³/mol. The molecule has 5 heteroatoms. The van der Waals surface area contributed by atoms with Crippen molar-refractivity contribution >= 4 is 5.97 Å². The first kappa shape index (κ1) is 13.5. The third-order valence-electron chi connectivity index (χ3n) is 2.02. The third kappa shape index (κ3) is 5.33. The Labute approximate surface area is 99.6 Å². The van der Waals surface area contributed by atoms with Gasteiger partial charge in [0.05, 0.1) is 25.4 Å². The van der Waals surface area contributed by atoms with Crippen LogP contribution < -0.4 is 4.74 Å². The lowest BCUT2D eigenvalue weighted by atomic mass is 10.2. The van der Waals surface area contributed by atoms with E-state index in [0.29, 0.717) is 32.0 Å². The molecule has 0 saturated carbocycles. The second-order valence-electron chi connectivity index (χ2n) is 3.37. The highest BCUT2D eigenvalue weighted by Gasteiger charge is 2.03. The van der Waals surface area contributed by atoms with E-state index in [4.69, 9.17) is 19.7 Å². The lowest BCUT2D eigenvalue weighted by Crippen LogP contribution is -2.06. The summed E-state index contributed by atoms with van der Waals surface area (Å²) in [5.74, 6) is -0.436. The van der Waals surface area contributed by atoms with Crippen LogP contribution in [0.25, 0.3) is 0 Å². The fourth-order valence-corrected chi connectivity index (χ4v) is 1.24. The van der Waals surface area contributed by atoms with Gasteiger partial charge in [-0.25, -0.2) is 4.79 Å². The van der Waals surface area contributed by atoms with E-state index in [2.05, 4.69) is 0 Å². The van der Waals surface area contributed by atoms with Gasteiger partial charge in [-0.3, -0.25) is 0 Å². The van der Waals surface area contributed by atoms with Crippen LogP contribution in [-0.2, 0) is 4.74 Å². The van der Waals surface area contributed by atoms with Crippen LogP contribution in [0.15, 0.2) is 24.3 Å². The minimum Gasteiger partial charge on any atom is -0.493 e. The number of aromatic carboxylic acids is 1. The number of carbonyl (C=O) groups is 1. The van der Waals surface area contributed by atoms with Crippen LogP contribution in [0.1, 0.15) is 16.8 Å². The molecule has 0 saturated heterocycles. The summed E-state index contributed by atoms with van der Waals surface area (Å²) in [5.41, 5.74) is 0.207. The van der Waals surface area contributed by atoms with Crippen LogP contribution in [-0.4, -0.2) is 42.6 Å². The molecule has 0 bridgehead atoms. The molecule has 1 aromatic carbocycles. The molecule has 94 valence electrons. The molecular formula is C12H16O5. The van der Waals surface area contributed by atoms with Crippen LogP contribution >= 0.6 is 0 Å². The SMILES string of the molecule is O=C(O)c1cccc(OCCCOCCO)c1. The average Bonchev–Trinajstić information content (AvgIpc) is 2.34. The van der Waals surface area contributed by atoms with Gasteiger partial charge in [0.25, 0.3) is 0 Å². The molecule has 0 spiro atoms. The molecule has 0 atom stereocenters. The molecule has 0 radical (unpaired) electrons. The molecule has 0 aromatic heterocycles. The van der Waals surface area contributed by atoms with Gasteiger partial charge in [0.2, 0.25) is 0 Å². The Morgan fingerprint density at radius 3 is 2.76 bits per heavy atom. The first-order chi connectivity index (χ1) is 8.24. The van der Waals surface area contributed by atoms with E-state index >= 15 is 0 Å². The summed E-state index contributed by atoms with van der Waals surface area (Å²) in [5, 5.41) is 17.3. The highest BCUT2D eigenvalue weighted by molar-refractivity contribution is 5.87. The second-order valence-corrected chi connectivity index (χ2v) is 3.37. The average molecular weight is 240 g/mol. The molecule has 0 unspecified atom stereocenters. The molecular weight excluding hydrogens is 224 g/mol. The number of aliphatic hydroxyl groups excluding tert-OH is 1. The predicted octanol–water partition coefficient (Wildman–Crippen LogP) is 1.16. The number of ether oxygens (including phenoxy) is 2. The normalized spacial score (nSPS) is 10.2. The Bertz CT molecular complexity index is 351. The van der Waals surface area contributed by atoms with E-state index in [1.807, 2.05) is 0 Å². The van der Waals surface area contributed by atoms with Crippen molar-refractivity contribution in [2.75, 3.05) is 26.4 Å². The zero-order valence-electron chi connectivity index (χ0n) is 9.46. The zero-order valence-corrected chi connectivity index (χ0v) is 9.46. The van der Waals surface area contributed by atoms with Crippen molar-refractivity contribution in [1.82, 2.24) is 0 Å². The molecule has 0 fully saturated rings. The molecule has 0 amide bonds. The second kappa shape index (κ2) is 7.65. The Balaban J connectivity index is 2.27. The van der Waals surface area contributed by atoms with Gasteiger partial charge in [0, 0.05) is 13.0 Å². The standard InChI is InChI=1S/C12H16O5/c13-5-8-16-6-2-7-17-11-4-1-3-10(9-11)12(14)15/h1,3-4,9,13H,2,5-8H2,(H,14,15). The van der Waals surface area contributed by atoms with Crippen molar-refractivity contribution in [2.24, 2.45) is 0 Å². The topological polar surface area (TPSA) is 76.0 Å². The molecule has 5 nitrogen and oxygen atoms in total. The van der Waals surface area contributed by atoms with Gasteiger partial charge in [-0.1, -0.05) is 6.07 Å². The van der Waals surface area contributed by atoms with Gasteiger partial charge in [0.15, 0.2) is 0 Å². The molecule has 0 aliphatic heterocycles. The van der Waals surface area contributed by atoms with E-state index in [-0.39, 0.29) is 12.2 Å². The third-order valence-corrected chi connectivity index (χ3v) is 2.02. The summed E-state index contributed by atoms with van der Waals surface area (Å²) in [4.78, 5) is 10.7. The quantitative estimate of drug-likeness (QED) is 0.667. The Hall–Kier alpha value is -1.59. The zero-order chi connectivity index (χ0) is 12.5. The van der Waals surface area contributed by atoms with E-state index in [0.717, 1.165) is 0 Å². The molecule has 0 aliphatic carbocycles. The lowest BCUT2D eigenvalue weighted by Gasteiger charge is -2.06. The van der Waals surface area contributed by atoms with Gasteiger partial charge in [-0.15, -0.1) is 0 Å². The number of carboxylic acid groups (broad SMARTS) is 1. The first-order valence-electron chi connectivity index (χ1n) is 5.39. The molecule has 2 N–H and O–H groups in total. The summed E-state index contributed by atoms with van der Waals surface area (Å²) >= 11 is 0. The number of hydrogen-bond donors (Lipinski definition) is 2. The van der Waals surface area contributed by atoms with Crippen LogP contribution in [0.4, 0.5) is 0 Å². The van der Waals surface area contributed by atoms with Gasteiger partial charge in [-0.2, -0.15) is 0 Å². The fourth-order valence-electron chi connectivity index (χ4n) is 1.24. The van der Waals surface area contributed by atoms with Crippen molar-refractivity contribution in [1.29, 1.82) is 0 Å². The van der Waals surface area contributed by atoms with E-state index < -0.39 is 5.97 Å². The number of aliphatic hydroxyl groups is 1. The molecule has 1 aromatic rings. The van der Waals surface area contributed by atoms with Crippen molar-refractivity contribution in [2.45, 2.75) is 6.42 Å². The summed E-state index contributed by atoms with van der Waals surface area (Å²) in [6, 6.07) is 6.35. The van der Waals surface area contributed by atoms with Gasteiger partial charge >= 0.3 is 5.97 Å². The summed E-state index contributed by atoms with van der Waals surface area (Å²) in [6.07, 6.45) is 0.692. The van der Waals surface area contributed by atoms with Crippen molar-refractivity contribution < 1.29 is 24.5 Å². The maximum atomic E-state index is 10.7. The molecule has 1 rings (SSSR count). The summed E-state index contributed by atoms with van der Waals surface area (Å²) in [6.45, 7) is 1.31. The Morgan fingerprint density at radius 2 is 2.06 bits per heavy atom. The Kier molecular flexibility index (Phi) is 6.06. The van der Waals surface area contributed by atoms with Crippen LogP contribution in [0, 0.1) is 0 Å². The number of benzene rings is 1. The van der Waals surface area contributed by atoms with Gasteiger partial charge in [-0.05, 0) is 18.2 Å². The van der Waals surface area contributed by atoms with E-state index in [1.165, 1.54) is 12.1 Å². The van der Waals surface area contributed by atoms with Crippen LogP contribution in [0.5, 0.6) is 5.75 Å². The fraction of sp³-hybridized carbons (Fsp3) is 0.417. The minimum absolute atomic E-state index is 0.0154. The largest absolute Gasteiger partial charge is 0.493 e. The number of carboxylic acids is 1. The maximum Gasteiger partial charge on any atom is 0.335 e. The lowest BCUT2D eigenvalue weighted by molar-refractivity contribution is 0.0696. The molecule has 0 aliphatic rings. The van der Waals surface area contributed by atoms with Crippen molar-refractivity contribution in [3.05, 3.63) is 29.8 Å². The van der Waals surface area contributed by atoms with Gasteiger partial charge < -0.3 is 19.7 Å². The Morgan fingerprint density at radius 1 is 1.24 bits per heavy atom. The number of rotatable bonds is 8. The summed E-state index contributed by atoms with van der Waals surface area (Å²) < 4.78 is 10.4. The molecule has 17 heavy (non-hydrogen) atoms. The van der Waals surface area contributed by atoms with Crippen LogP contribution in [0.3, 0.4) is 0 Å². The number of hydrogen-bond acceptors (Lipinski definition) is 4. The van der Waals surface area contributed by atoms with Crippen LogP contribution in [0.2, 0.25) is 0 Å². The van der Waals surface area contributed by atoms with Gasteiger partial charge in [0.1, 0.15) is 5.75 Å². The first-order valence-corrected chi connectivity index (χ1v) is 5.39. The smallest absolute Gasteiger partial charge is 0.335 e. The van der Waals surface area contributed by atoms with Crippen molar-refractivity contribution in [3.63, 3.8) is 0 Å². The van der Waals surface area contributed by atoms with E-state index in [9.17, 15) is 4.79 Å². The van der Waals surface area contributed by atoms with E-state index in [1.54, 1.807) is 12.1 Å². The summed E-state index contributed by atoms with van der Waals surface area (Å²) in [7, 11) is 0. The maximum absolute atomic E-state index is 10.7. The highest BCUT2D eigenvalue weighted by Crippen LogP contribution is 2.13. The minimum atomic E-state index is -0.971. The highest BCUT2D eigenvalue weighted by atomic mass is 16.5. The monoisotopic (exact) mass is 240 g/mol.